The summed E-state index contributed by atoms with van der Waals surface area (Å²) in [5, 5.41) is 14.3. The zero-order valence-corrected chi connectivity index (χ0v) is 15.7. The van der Waals surface area contributed by atoms with Gasteiger partial charge in [-0.25, -0.2) is 0 Å². The molecule has 0 aliphatic rings. The van der Waals surface area contributed by atoms with E-state index in [4.69, 9.17) is 10.00 Å². The van der Waals surface area contributed by atoms with Gasteiger partial charge in [-0.05, 0) is 41.3 Å². The number of amides is 1. The van der Waals surface area contributed by atoms with Crippen LogP contribution < -0.4 is 15.0 Å². The van der Waals surface area contributed by atoms with Gasteiger partial charge in [0.05, 0.1) is 19.2 Å². The minimum atomic E-state index is -0.166. The molecule has 0 bridgehead atoms. The first kappa shape index (κ1) is 18.5. The highest BCUT2D eigenvalue weighted by Gasteiger charge is 2.15. The van der Waals surface area contributed by atoms with Crippen molar-refractivity contribution in [2.75, 3.05) is 23.9 Å². The molecule has 6 heteroatoms. The Bertz CT molecular complexity index is 930. The third-order valence-corrected chi connectivity index (χ3v) is 4.86. The summed E-state index contributed by atoms with van der Waals surface area (Å²) >= 11 is 1.34. The van der Waals surface area contributed by atoms with E-state index in [9.17, 15) is 4.79 Å². The Morgan fingerprint density at radius 1 is 1.15 bits per heavy atom. The van der Waals surface area contributed by atoms with Crippen molar-refractivity contribution in [2.24, 2.45) is 0 Å². The van der Waals surface area contributed by atoms with Gasteiger partial charge in [0.15, 0.2) is 0 Å². The molecule has 0 unspecified atom stereocenters. The third-order valence-electron chi connectivity index (χ3n) is 4.03. The normalized spacial score (nSPS) is 10.1. The molecule has 0 saturated carbocycles. The fourth-order valence-electron chi connectivity index (χ4n) is 2.67. The van der Waals surface area contributed by atoms with E-state index in [2.05, 4.69) is 11.4 Å². The van der Waals surface area contributed by atoms with E-state index in [1.165, 1.54) is 11.3 Å². The fraction of sp³-hybridized carbons (Fsp3) is 0.143. The van der Waals surface area contributed by atoms with Crippen LogP contribution in [0.1, 0.15) is 11.1 Å². The molecule has 27 heavy (non-hydrogen) atoms. The fourth-order valence-corrected chi connectivity index (χ4v) is 3.42. The van der Waals surface area contributed by atoms with Gasteiger partial charge in [-0.2, -0.15) is 5.26 Å². The number of carbonyl (C=O) groups excluding carboxylic acids is 1. The zero-order valence-electron chi connectivity index (χ0n) is 14.9. The van der Waals surface area contributed by atoms with Gasteiger partial charge in [-0.1, -0.05) is 30.3 Å². The van der Waals surface area contributed by atoms with E-state index in [1.807, 2.05) is 59.5 Å². The van der Waals surface area contributed by atoms with Crippen LogP contribution in [0.2, 0.25) is 0 Å². The molecular weight excluding hydrogens is 358 g/mol. The Morgan fingerprint density at radius 2 is 1.89 bits per heavy atom. The molecule has 3 rings (SSSR count). The molecule has 1 N–H and O–H groups in total. The quantitative estimate of drug-likeness (QED) is 0.668. The van der Waals surface area contributed by atoms with Gasteiger partial charge < -0.3 is 15.0 Å². The number of thiophene rings is 1. The van der Waals surface area contributed by atoms with Crippen LogP contribution in [0.5, 0.6) is 5.75 Å². The average Bonchev–Trinajstić information content (AvgIpc) is 3.15. The molecule has 0 fully saturated rings. The van der Waals surface area contributed by atoms with E-state index < -0.39 is 0 Å². The monoisotopic (exact) mass is 377 g/mol. The molecule has 3 aromatic rings. The lowest BCUT2D eigenvalue weighted by Gasteiger charge is -2.24. The van der Waals surface area contributed by atoms with Crippen molar-refractivity contribution < 1.29 is 9.53 Å². The maximum Gasteiger partial charge on any atom is 0.244 e. The van der Waals surface area contributed by atoms with E-state index >= 15 is 0 Å². The number of benzene rings is 2. The molecule has 1 aromatic heterocycles. The van der Waals surface area contributed by atoms with E-state index in [0.717, 1.165) is 17.0 Å². The Labute approximate surface area is 162 Å². The lowest BCUT2D eigenvalue weighted by atomic mass is 10.2. The molecule has 0 saturated heterocycles. The number of nitrogens with one attached hydrogen (secondary N) is 1. The summed E-state index contributed by atoms with van der Waals surface area (Å²) in [6.07, 6.45) is 0. The molecule has 5 nitrogen and oxygen atoms in total. The molecule has 0 radical (unpaired) electrons. The molecule has 1 amide bonds. The van der Waals surface area contributed by atoms with Gasteiger partial charge in [0.1, 0.15) is 16.8 Å². The number of anilines is 2. The van der Waals surface area contributed by atoms with Crippen molar-refractivity contribution >= 4 is 27.9 Å². The number of hydrogen-bond acceptors (Lipinski definition) is 5. The third kappa shape index (κ3) is 4.87. The largest absolute Gasteiger partial charge is 0.497 e. The van der Waals surface area contributed by atoms with Crippen molar-refractivity contribution in [1.29, 1.82) is 5.26 Å². The molecule has 136 valence electrons. The smallest absolute Gasteiger partial charge is 0.244 e. The standard InChI is InChI=1S/C21H19N3O2S/c1-26-19-9-7-18(8-10-19)24(14-16-5-3-2-4-6-16)15-20(25)23-21-17(13-22)11-12-27-21/h2-12H,14-15H2,1H3,(H,23,25). The van der Waals surface area contributed by atoms with Crippen molar-refractivity contribution in [1.82, 2.24) is 0 Å². The Hall–Kier alpha value is -3.30. The van der Waals surface area contributed by atoms with Gasteiger partial charge in [0, 0.05) is 12.2 Å². The molecule has 0 aliphatic carbocycles. The number of rotatable bonds is 7. The molecule has 0 atom stereocenters. The Kier molecular flexibility index (Phi) is 6.08. The number of methoxy groups -OCH3 is 1. The highest BCUT2D eigenvalue weighted by Crippen LogP contribution is 2.24. The van der Waals surface area contributed by atoms with Crippen LogP contribution in [0.15, 0.2) is 66.0 Å². The number of hydrogen-bond donors (Lipinski definition) is 1. The maximum absolute atomic E-state index is 12.6. The van der Waals surface area contributed by atoms with Crippen molar-refractivity contribution in [2.45, 2.75) is 6.54 Å². The topological polar surface area (TPSA) is 65.4 Å². The van der Waals surface area contributed by atoms with Gasteiger partial charge in [-0.3, -0.25) is 4.79 Å². The minimum Gasteiger partial charge on any atom is -0.497 e. The van der Waals surface area contributed by atoms with Crippen LogP contribution in [0.4, 0.5) is 10.7 Å². The predicted molar refractivity (Wildman–Crippen MR) is 108 cm³/mol. The van der Waals surface area contributed by atoms with Crippen molar-refractivity contribution in [3.63, 3.8) is 0 Å². The van der Waals surface area contributed by atoms with Crippen molar-refractivity contribution in [3.05, 3.63) is 77.2 Å². The average molecular weight is 377 g/mol. The summed E-state index contributed by atoms with van der Waals surface area (Å²) in [5.41, 5.74) is 2.50. The summed E-state index contributed by atoms with van der Waals surface area (Å²) in [7, 11) is 1.62. The second kappa shape index (κ2) is 8.88. The second-order valence-corrected chi connectivity index (χ2v) is 6.78. The second-order valence-electron chi connectivity index (χ2n) is 5.86. The van der Waals surface area contributed by atoms with Gasteiger partial charge in [-0.15, -0.1) is 11.3 Å². The van der Waals surface area contributed by atoms with Crippen LogP contribution in [0.3, 0.4) is 0 Å². The summed E-state index contributed by atoms with van der Waals surface area (Å²) in [6.45, 7) is 0.764. The molecule has 0 aliphatic heterocycles. The number of ether oxygens (including phenoxy) is 1. The van der Waals surface area contributed by atoms with E-state index in [-0.39, 0.29) is 12.5 Å². The van der Waals surface area contributed by atoms with E-state index in [1.54, 1.807) is 18.6 Å². The number of carbonyl (C=O) groups is 1. The Balaban J connectivity index is 1.78. The zero-order chi connectivity index (χ0) is 19.1. The summed E-state index contributed by atoms with van der Waals surface area (Å²) in [4.78, 5) is 14.6. The minimum absolute atomic E-state index is 0.166. The summed E-state index contributed by atoms with van der Waals surface area (Å²) in [6, 6.07) is 21.4. The molecular formula is C21H19N3O2S. The van der Waals surface area contributed by atoms with E-state index in [0.29, 0.717) is 17.1 Å². The van der Waals surface area contributed by atoms with Crippen LogP contribution in [0.25, 0.3) is 0 Å². The SMILES string of the molecule is COc1ccc(N(CC(=O)Nc2sccc2C#N)Cc2ccccc2)cc1. The summed E-state index contributed by atoms with van der Waals surface area (Å²) < 4.78 is 5.22. The maximum atomic E-state index is 12.6. The number of nitrogens with zero attached hydrogens (tertiary/aromatic N) is 2. The van der Waals surface area contributed by atoms with Gasteiger partial charge >= 0.3 is 0 Å². The lowest BCUT2D eigenvalue weighted by molar-refractivity contribution is -0.115. The molecule has 0 spiro atoms. The number of nitriles is 1. The van der Waals surface area contributed by atoms with Gasteiger partial charge in [0.25, 0.3) is 0 Å². The predicted octanol–water partition coefficient (Wildman–Crippen LogP) is 4.27. The van der Waals surface area contributed by atoms with Gasteiger partial charge in [0.2, 0.25) is 5.91 Å². The summed E-state index contributed by atoms with van der Waals surface area (Å²) in [5.74, 6) is 0.598. The molecule has 2 aromatic carbocycles. The Morgan fingerprint density at radius 3 is 2.56 bits per heavy atom. The highest BCUT2D eigenvalue weighted by atomic mass is 32.1. The highest BCUT2D eigenvalue weighted by molar-refractivity contribution is 7.14. The van der Waals surface area contributed by atoms with Crippen LogP contribution >= 0.6 is 11.3 Å². The first-order valence-corrected chi connectivity index (χ1v) is 9.28. The first-order valence-electron chi connectivity index (χ1n) is 8.40. The van der Waals surface area contributed by atoms with Crippen molar-refractivity contribution in [3.8, 4) is 11.8 Å². The first-order chi connectivity index (χ1) is 13.2. The van der Waals surface area contributed by atoms with Crippen LogP contribution in [-0.4, -0.2) is 19.6 Å². The van der Waals surface area contributed by atoms with Crippen LogP contribution in [-0.2, 0) is 11.3 Å². The van der Waals surface area contributed by atoms with Crippen LogP contribution in [0, 0.1) is 11.3 Å². The molecule has 1 heterocycles. The lowest BCUT2D eigenvalue weighted by Crippen LogP contribution is -2.32.